The number of benzene rings is 2. The van der Waals surface area contributed by atoms with E-state index < -0.39 is 0 Å². The monoisotopic (exact) mass is 482 g/mol. The Morgan fingerprint density at radius 3 is 2.22 bits per heavy atom. The average Bonchev–Trinajstić information content (AvgIpc) is 3.22. The first kappa shape index (κ1) is 20.7. The molecule has 1 N–H and O–H groups in total. The Kier molecular flexibility index (Phi) is 4.90. The lowest BCUT2D eigenvalue weighted by molar-refractivity contribution is -0.143. The second kappa shape index (κ2) is 7.58. The number of anilines is 1. The van der Waals surface area contributed by atoms with Gasteiger partial charge in [-0.15, -0.1) is 11.3 Å². The predicted octanol–water partition coefficient (Wildman–Crippen LogP) is 7.59. The summed E-state index contributed by atoms with van der Waals surface area (Å²) in [5, 5.41) is 7.34. The molecule has 2 atom stereocenters. The molecule has 0 aliphatic heterocycles. The standard InChI is InChI=1S/C26H24Cl2N2OS/c27-20-5-1-18(2-6-20)22-14-32-24(29-22)30-23(31)26-12-16-9-17(13-26)11-25(10-16,15-26)19-3-7-21(28)8-4-19/h1-8,14,16-17H,9-13,15H2,(H,29,30,31). The molecule has 0 spiro atoms. The first-order valence-corrected chi connectivity index (χ1v) is 12.9. The summed E-state index contributed by atoms with van der Waals surface area (Å²) in [7, 11) is 0. The molecule has 2 unspecified atom stereocenters. The van der Waals surface area contributed by atoms with Crippen LogP contribution in [0.2, 0.25) is 10.0 Å². The molecule has 4 fully saturated rings. The molecule has 4 bridgehead atoms. The van der Waals surface area contributed by atoms with Gasteiger partial charge in [0.25, 0.3) is 0 Å². The van der Waals surface area contributed by atoms with E-state index in [9.17, 15) is 4.79 Å². The van der Waals surface area contributed by atoms with E-state index in [1.807, 2.05) is 41.8 Å². The number of aromatic nitrogens is 1. The van der Waals surface area contributed by atoms with E-state index in [4.69, 9.17) is 28.2 Å². The number of nitrogens with one attached hydrogen (secondary N) is 1. The third kappa shape index (κ3) is 3.48. The summed E-state index contributed by atoms with van der Waals surface area (Å²) in [6, 6.07) is 16.0. The molecule has 3 nitrogen and oxygen atoms in total. The highest BCUT2D eigenvalue weighted by atomic mass is 35.5. The van der Waals surface area contributed by atoms with Crippen LogP contribution in [0.4, 0.5) is 5.13 Å². The Labute approximate surface area is 202 Å². The Bertz CT molecular complexity index is 1160. The molecule has 3 aromatic rings. The quantitative estimate of drug-likeness (QED) is 0.415. The van der Waals surface area contributed by atoms with Gasteiger partial charge in [-0.05, 0) is 85.6 Å². The smallest absolute Gasteiger partial charge is 0.232 e. The van der Waals surface area contributed by atoms with Gasteiger partial charge in [0.1, 0.15) is 0 Å². The third-order valence-electron chi connectivity index (χ3n) is 7.86. The molecule has 4 aliphatic carbocycles. The highest BCUT2D eigenvalue weighted by Crippen LogP contribution is 2.66. The van der Waals surface area contributed by atoms with Crippen LogP contribution in [-0.2, 0) is 10.2 Å². The topological polar surface area (TPSA) is 42.0 Å². The lowest BCUT2D eigenvalue weighted by Gasteiger charge is -2.61. The maximum atomic E-state index is 13.7. The fourth-order valence-corrected chi connectivity index (χ4v) is 7.95. The second-order valence-corrected chi connectivity index (χ2v) is 11.8. The number of carbonyl (C=O) groups excluding carboxylic acids is 1. The molecule has 164 valence electrons. The largest absolute Gasteiger partial charge is 0.301 e. The van der Waals surface area contributed by atoms with Crippen LogP contribution in [0.15, 0.2) is 53.9 Å². The number of nitrogens with zero attached hydrogens (tertiary/aromatic N) is 1. The van der Waals surface area contributed by atoms with Crippen molar-refractivity contribution in [3.8, 4) is 11.3 Å². The SMILES string of the molecule is O=C(Nc1nc(-c2ccc(Cl)cc2)cs1)C12CC3CC(C1)CC(c1ccc(Cl)cc1)(C3)C2. The lowest BCUT2D eigenvalue weighted by atomic mass is 9.42. The van der Waals surface area contributed by atoms with Gasteiger partial charge in [-0.25, -0.2) is 4.98 Å². The van der Waals surface area contributed by atoms with Crippen LogP contribution in [0.25, 0.3) is 11.3 Å². The Morgan fingerprint density at radius 1 is 0.938 bits per heavy atom. The zero-order chi connectivity index (χ0) is 21.9. The van der Waals surface area contributed by atoms with Crippen molar-refractivity contribution < 1.29 is 4.79 Å². The van der Waals surface area contributed by atoms with Gasteiger partial charge in [0.05, 0.1) is 11.1 Å². The van der Waals surface area contributed by atoms with E-state index in [-0.39, 0.29) is 16.7 Å². The molecule has 6 heteroatoms. The van der Waals surface area contributed by atoms with Crippen molar-refractivity contribution in [2.75, 3.05) is 5.32 Å². The van der Waals surface area contributed by atoms with Gasteiger partial charge in [-0.2, -0.15) is 0 Å². The summed E-state index contributed by atoms with van der Waals surface area (Å²) in [6.45, 7) is 0. The van der Waals surface area contributed by atoms with E-state index in [0.29, 0.717) is 22.0 Å². The molecule has 0 saturated heterocycles. The molecule has 1 aromatic heterocycles. The first-order chi connectivity index (χ1) is 15.4. The van der Waals surface area contributed by atoms with Crippen molar-refractivity contribution >= 4 is 45.6 Å². The van der Waals surface area contributed by atoms with E-state index in [1.165, 1.54) is 36.2 Å². The maximum absolute atomic E-state index is 13.7. The molecule has 1 amide bonds. The summed E-state index contributed by atoms with van der Waals surface area (Å²) in [5.74, 6) is 1.40. The molecule has 0 radical (unpaired) electrons. The van der Waals surface area contributed by atoms with E-state index >= 15 is 0 Å². The number of carbonyl (C=O) groups is 1. The van der Waals surface area contributed by atoms with Crippen LogP contribution in [0, 0.1) is 17.3 Å². The third-order valence-corrected chi connectivity index (χ3v) is 9.13. The minimum atomic E-state index is -0.296. The molecular weight excluding hydrogens is 459 g/mol. The van der Waals surface area contributed by atoms with E-state index in [2.05, 4.69) is 17.4 Å². The zero-order valence-corrected chi connectivity index (χ0v) is 19.9. The molecular formula is C26H24Cl2N2OS. The minimum absolute atomic E-state index is 0.101. The number of amides is 1. The van der Waals surface area contributed by atoms with Gasteiger partial charge in [-0.3, -0.25) is 4.79 Å². The van der Waals surface area contributed by atoms with Crippen LogP contribution in [-0.4, -0.2) is 10.9 Å². The maximum Gasteiger partial charge on any atom is 0.232 e. The van der Waals surface area contributed by atoms with Gasteiger partial charge in [0.15, 0.2) is 5.13 Å². The predicted molar refractivity (Wildman–Crippen MR) is 131 cm³/mol. The molecule has 32 heavy (non-hydrogen) atoms. The highest BCUT2D eigenvalue weighted by molar-refractivity contribution is 7.14. The van der Waals surface area contributed by atoms with Gasteiger partial charge >= 0.3 is 0 Å². The fraction of sp³-hybridized carbons (Fsp3) is 0.385. The summed E-state index contributed by atoms with van der Waals surface area (Å²) in [5.41, 5.74) is 3.03. The second-order valence-electron chi connectivity index (χ2n) is 10.0. The van der Waals surface area contributed by atoms with Crippen molar-refractivity contribution in [2.45, 2.75) is 43.9 Å². The highest BCUT2D eigenvalue weighted by Gasteiger charge is 2.61. The first-order valence-electron chi connectivity index (χ1n) is 11.2. The molecule has 1 heterocycles. The van der Waals surface area contributed by atoms with Crippen LogP contribution >= 0.6 is 34.5 Å². The Balaban J connectivity index is 1.26. The van der Waals surface area contributed by atoms with Crippen molar-refractivity contribution in [1.82, 2.24) is 4.98 Å². The van der Waals surface area contributed by atoms with Crippen LogP contribution in [0.1, 0.15) is 44.1 Å². The van der Waals surface area contributed by atoms with Crippen molar-refractivity contribution in [3.05, 3.63) is 69.5 Å². The summed E-state index contributed by atoms with van der Waals surface area (Å²) in [4.78, 5) is 18.4. The van der Waals surface area contributed by atoms with Gasteiger partial charge in [0.2, 0.25) is 5.91 Å². The number of hydrogen-bond acceptors (Lipinski definition) is 3. The van der Waals surface area contributed by atoms with Crippen molar-refractivity contribution in [3.63, 3.8) is 0 Å². The number of hydrogen-bond donors (Lipinski definition) is 1. The average molecular weight is 483 g/mol. The summed E-state index contributed by atoms with van der Waals surface area (Å²) in [6.07, 6.45) is 6.58. The molecule has 2 aromatic carbocycles. The van der Waals surface area contributed by atoms with E-state index in [0.717, 1.165) is 35.5 Å². The number of thiazole rings is 1. The lowest BCUT2D eigenvalue weighted by Crippen LogP contribution is -2.57. The number of halogens is 2. The van der Waals surface area contributed by atoms with Gasteiger partial charge in [0, 0.05) is 21.0 Å². The zero-order valence-electron chi connectivity index (χ0n) is 17.6. The van der Waals surface area contributed by atoms with Crippen molar-refractivity contribution in [1.29, 1.82) is 0 Å². The van der Waals surface area contributed by atoms with Gasteiger partial charge in [-0.1, -0.05) is 47.5 Å². The number of rotatable bonds is 4. The van der Waals surface area contributed by atoms with Crippen LogP contribution in [0.3, 0.4) is 0 Å². The fourth-order valence-electron chi connectivity index (χ4n) is 6.98. The molecule has 4 saturated carbocycles. The summed E-state index contributed by atoms with van der Waals surface area (Å²) >= 11 is 13.7. The van der Waals surface area contributed by atoms with Crippen molar-refractivity contribution in [2.24, 2.45) is 17.3 Å². The summed E-state index contributed by atoms with van der Waals surface area (Å²) < 4.78 is 0. The Hall–Kier alpha value is -1.88. The minimum Gasteiger partial charge on any atom is -0.301 e. The normalized spacial score (nSPS) is 30.4. The Morgan fingerprint density at radius 2 is 1.56 bits per heavy atom. The van der Waals surface area contributed by atoms with E-state index in [1.54, 1.807) is 0 Å². The van der Waals surface area contributed by atoms with Gasteiger partial charge < -0.3 is 5.32 Å². The van der Waals surface area contributed by atoms with Crippen LogP contribution < -0.4 is 5.32 Å². The molecule has 7 rings (SSSR count). The van der Waals surface area contributed by atoms with Crippen LogP contribution in [0.5, 0.6) is 0 Å². The molecule has 4 aliphatic rings.